The summed E-state index contributed by atoms with van der Waals surface area (Å²) in [6.45, 7) is 2.26. The van der Waals surface area contributed by atoms with E-state index in [9.17, 15) is 0 Å². The number of benzene rings is 1. The van der Waals surface area contributed by atoms with Gasteiger partial charge >= 0.3 is 0 Å². The Morgan fingerprint density at radius 2 is 2.25 bits per heavy atom. The Morgan fingerprint density at radius 3 is 2.94 bits per heavy atom. The van der Waals surface area contributed by atoms with Gasteiger partial charge in [-0.05, 0) is 56.3 Å². The molecule has 0 bridgehead atoms. The summed E-state index contributed by atoms with van der Waals surface area (Å²) in [4.78, 5) is 0. The molecule has 1 aliphatic carbocycles. The summed E-state index contributed by atoms with van der Waals surface area (Å²) >= 11 is 0. The number of hydrogen-bond donors (Lipinski definition) is 1. The Hall–Kier alpha value is -1.02. The van der Waals surface area contributed by atoms with Gasteiger partial charge in [0.2, 0.25) is 0 Å². The first-order valence-electron chi connectivity index (χ1n) is 6.11. The number of hydrogen-bond acceptors (Lipinski definition) is 2. The van der Waals surface area contributed by atoms with Gasteiger partial charge in [-0.2, -0.15) is 0 Å². The van der Waals surface area contributed by atoms with Crippen LogP contribution in [0.1, 0.15) is 36.8 Å². The molecule has 0 radical (unpaired) electrons. The molecule has 0 saturated carbocycles. The molecular weight excluding hydrogens is 198 g/mol. The van der Waals surface area contributed by atoms with Gasteiger partial charge in [0.25, 0.3) is 0 Å². The molecule has 2 rings (SSSR count). The van der Waals surface area contributed by atoms with Gasteiger partial charge in [-0.3, -0.25) is 0 Å². The SMILES string of the molecule is CNC(C)C1CCCc2c(OC)cccc21. The van der Waals surface area contributed by atoms with Crippen molar-refractivity contribution in [2.75, 3.05) is 14.2 Å². The van der Waals surface area contributed by atoms with E-state index in [-0.39, 0.29) is 0 Å². The van der Waals surface area contributed by atoms with Crippen LogP contribution in [0.3, 0.4) is 0 Å². The summed E-state index contributed by atoms with van der Waals surface area (Å²) in [5.74, 6) is 1.69. The normalized spacial score (nSPS) is 21.3. The minimum atomic E-state index is 0.533. The second kappa shape index (κ2) is 4.88. The Kier molecular flexibility index (Phi) is 3.49. The van der Waals surface area contributed by atoms with Gasteiger partial charge in [0, 0.05) is 6.04 Å². The second-order valence-corrected chi connectivity index (χ2v) is 4.60. The molecule has 0 amide bonds. The molecular formula is C14H21NO. The number of nitrogens with one attached hydrogen (secondary N) is 1. The third-order valence-corrected chi connectivity index (χ3v) is 3.79. The maximum atomic E-state index is 5.45. The average Bonchev–Trinajstić information content (AvgIpc) is 2.36. The van der Waals surface area contributed by atoms with Crippen molar-refractivity contribution in [1.29, 1.82) is 0 Å². The molecule has 1 aromatic carbocycles. The quantitative estimate of drug-likeness (QED) is 0.844. The van der Waals surface area contributed by atoms with Crippen molar-refractivity contribution >= 4 is 0 Å². The number of methoxy groups -OCH3 is 1. The Bertz CT molecular complexity index is 362. The van der Waals surface area contributed by atoms with Crippen molar-refractivity contribution in [3.05, 3.63) is 29.3 Å². The van der Waals surface area contributed by atoms with Gasteiger partial charge in [-0.25, -0.2) is 0 Å². The zero-order chi connectivity index (χ0) is 11.5. The van der Waals surface area contributed by atoms with E-state index < -0.39 is 0 Å². The minimum Gasteiger partial charge on any atom is -0.496 e. The van der Waals surface area contributed by atoms with E-state index in [0.717, 1.165) is 12.2 Å². The third-order valence-electron chi connectivity index (χ3n) is 3.79. The highest BCUT2D eigenvalue weighted by molar-refractivity contribution is 5.44. The first-order chi connectivity index (χ1) is 7.77. The van der Waals surface area contributed by atoms with E-state index in [1.807, 2.05) is 7.05 Å². The zero-order valence-corrected chi connectivity index (χ0v) is 10.4. The number of likely N-dealkylation sites (N-methyl/N-ethyl adjacent to an activating group) is 1. The van der Waals surface area contributed by atoms with E-state index in [4.69, 9.17) is 4.74 Å². The molecule has 0 spiro atoms. The van der Waals surface area contributed by atoms with Crippen LogP contribution in [0.25, 0.3) is 0 Å². The van der Waals surface area contributed by atoms with Gasteiger partial charge < -0.3 is 10.1 Å². The zero-order valence-electron chi connectivity index (χ0n) is 10.4. The lowest BCUT2D eigenvalue weighted by molar-refractivity contribution is 0.392. The van der Waals surface area contributed by atoms with Gasteiger partial charge in [-0.15, -0.1) is 0 Å². The molecule has 2 unspecified atom stereocenters. The van der Waals surface area contributed by atoms with E-state index in [0.29, 0.717) is 12.0 Å². The number of fused-ring (bicyclic) bond motifs is 1. The van der Waals surface area contributed by atoms with Crippen LogP contribution in [0.15, 0.2) is 18.2 Å². The predicted octanol–water partition coefficient (Wildman–Crippen LogP) is 2.72. The molecule has 0 saturated heterocycles. The van der Waals surface area contributed by atoms with Crippen LogP contribution in [0, 0.1) is 0 Å². The van der Waals surface area contributed by atoms with E-state index in [2.05, 4.69) is 30.4 Å². The van der Waals surface area contributed by atoms with E-state index >= 15 is 0 Å². The first kappa shape index (κ1) is 11.5. The molecule has 2 nitrogen and oxygen atoms in total. The summed E-state index contributed by atoms with van der Waals surface area (Å²) in [5.41, 5.74) is 2.90. The molecule has 2 atom stereocenters. The van der Waals surface area contributed by atoms with Crippen LogP contribution in [0.2, 0.25) is 0 Å². The fraction of sp³-hybridized carbons (Fsp3) is 0.571. The number of ether oxygens (including phenoxy) is 1. The largest absolute Gasteiger partial charge is 0.496 e. The summed E-state index contributed by atoms with van der Waals surface area (Å²) in [6, 6.07) is 6.98. The first-order valence-corrected chi connectivity index (χ1v) is 6.11. The molecule has 0 fully saturated rings. The van der Waals surface area contributed by atoms with Crippen molar-refractivity contribution in [1.82, 2.24) is 5.32 Å². The molecule has 0 heterocycles. The summed E-state index contributed by atoms with van der Waals surface area (Å²) in [6.07, 6.45) is 3.71. The van der Waals surface area contributed by atoms with Crippen LogP contribution >= 0.6 is 0 Å². The molecule has 1 aliphatic rings. The Morgan fingerprint density at radius 1 is 1.44 bits per heavy atom. The van der Waals surface area contributed by atoms with Gasteiger partial charge in [0.15, 0.2) is 0 Å². The standard InChI is InChI=1S/C14H21NO/c1-10(15-2)11-6-4-8-13-12(11)7-5-9-14(13)16-3/h5,7,9-11,15H,4,6,8H2,1-3H3. The summed E-state index contributed by atoms with van der Waals surface area (Å²) in [7, 11) is 3.81. The smallest absolute Gasteiger partial charge is 0.122 e. The van der Waals surface area contributed by atoms with Gasteiger partial charge in [0.05, 0.1) is 7.11 Å². The van der Waals surface area contributed by atoms with Crippen molar-refractivity contribution in [3.8, 4) is 5.75 Å². The maximum absolute atomic E-state index is 5.45. The van der Waals surface area contributed by atoms with Crippen LogP contribution in [0.5, 0.6) is 5.75 Å². The minimum absolute atomic E-state index is 0.533. The Labute approximate surface area is 98.0 Å². The van der Waals surface area contributed by atoms with Crippen LogP contribution < -0.4 is 10.1 Å². The molecule has 88 valence electrons. The average molecular weight is 219 g/mol. The predicted molar refractivity (Wildman–Crippen MR) is 67.2 cm³/mol. The maximum Gasteiger partial charge on any atom is 0.122 e. The number of rotatable bonds is 3. The Balaban J connectivity index is 2.39. The van der Waals surface area contributed by atoms with Crippen molar-refractivity contribution in [3.63, 3.8) is 0 Å². The highest BCUT2D eigenvalue weighted by atomic mass is 16.5. The van der Waals surface area contributed by atoms with Crippen LogP contribution in [-0.4, -0.2) is 20.2 Å². The molecule has 2 heteroatoms. The lowest BCUT2D eigenvalue weighted by Crippen LogP contribution is -2.31. The van der Waals surface area contributed by atoms with Crippen LogP contribution in [-0.2, 0) is 6.42 Å². The lowest BCUT2D eigenvalue weighted by Gasteiger charge is -2.31. The molecule has 1 aromatic rings. The summed E-state index contributed by atoms with van der Waals surface area (Å²) in [5, 5.41) is 3.37. The van der Waals surface area contributed by atoms with Crippen molar-refractivity contribution in [2.45, 2.75) is 38.1 Å². The van der Waals surface area contributed by atoms with Crippen molar-refractivity contribution < 1.29 is 4.74 Å². The molecule has 0 aliphatic heterocycles. The van der Waals surface area contributed by atoms with Crippen molar-refractivity contribution in [2.24, 2.45) is 0 Å². The third kappa shape index (κ3) is 1.94. The fourth-order valence-electron chi connectivity index (χ4n) is 2.76. The van der Waals surface area contributed by atoms with Gasteiger partial charge in [-0.1, -0.05) is 12.1 Å². The molecule has 1 N–H and O–H groups in total. The molecule has 0 aromatic heterocycles. The lowest BCUT2D eigenvalue weighted by atomic mass is 9.79. The van der Waals surface area contributed by atoms with E-state index in [1.54, 1.807) is 7.11 Å². The topological polar surface area (TPSA) is 21.3 Å². The fourth-order valence-corrected chi connectivity index (χ4v) is 2.76. The van der Waals surface area contributed by atoms with Gasteiger partial charge in [0.1, 0.15) is 5.75 Å². The highest BCUT2D eigenvalue weighted by Crippen LogP contribution is 2.38. The second-order valence-electron chi connectivity index (χ2n) is 4.60. The summed E-state index contributed by atoms with van der Waals surface area (Å²) < 4.78 is 5.45. The van der Waals surface area contributed by atoms with Crippen LogP contribution in [0.4, 0.5) is 0 Å². The monoisotopic (exact) mass is 219 g/mol. The highest BCUT2D eigenvalue weighted by Gasteiger charge is 2.25. The van der Waals surface area contributed by atoms with E-state index in [1.165, 1.54) is 24.0 Å². The molecule has 16 heavy (non-hydrogen) atoms.